The zero-order valence-electron chi connectivity index (χ0n) is 9.89. The monoisotopic (exact) mass is 228 g/mol. The maximum Gasteiger partial charge on any atom is 0.130 e. The van der Waals surface area contributed by atoms with Crippen LogP contribution in [-0.2, 0) is 13.2 Å². The first-order chi connectivity index (χ1) is 8.29. The predicted octanol–water partition coefficient (Wildman–Crippen LogP) is 2.43. The lowest BCUT2D eigenvalue weighted by atomic mass is 10.1. The molecule has 0 spiro atoms. The lowest BCUT2D eigenvalue weighted by Crippen LogP contribution is -2.01. The van der Waals surface area contributed by atoms with E-state index in [1.165, 1.54) is 0 Å². The van der Waals surface area contributed by atoms with Crippen LogP contribution in [0.2, 0.25) is 0 Å². The van der Waals surface area contributed by atoms with Gasteiger partial charge in [0.2, 0.25) is 0 Å². The molecule has 0 bridgehead atoms. The fourth-order valence-corrected chi connectivity index (χ4v) is 1.56. The number of hydrogen-bond acceptors (Lipinski definition) is 3. The van der Waals surface area contributed by atoms with E-state index < -0.39 is 0 Å². The molecule has 0 unspecified atom stereocenters. The Hall–Kier alpha value is -1.87. The van der Waals surface area contributed by atoms with Crippen LogP contribution in [0.5, 0.6) is 5.75 Å². The van der Waals surface area contributed by atoms with Gasteiger partial charge in [0.15, 0.2) is 0 Å². The van der Waals surface area contributed by atoms with E-state index in [0.29, 0.717) is 13.2 Å². The minimum Gasteiger partial charge on any atom is -0.487 e. The number of benzene rings is 1. The molecule has 0 fully saturated rings. The van der Waals surface area contributed by atoms with Crippen molar-refractivity contribution in [3.05, 3.63) is 59.4 Å². The number of ether oxygens (including phenoxy) is 1. The summed E-state index contributed by atoms with van der Waals surface area (Å²) in [5.41, 5.74) is 8.71. The van der Waals surface area contributed by atoms with Crippen LogP contribution in [0.3, 0.4) is 0 Å². The molecular formula is C14H16N2O. The van der Waals surface area contributed by atoms with Crippen LogP contribution >= 0.6 is 0 Å². The third-order valence-electron chi connectivity index (χ3n) is 2.59. The normalized spacial score (nSPS) is 10.2. The summed E-state index contributed by atoms with van der Waals surface area (Å²) in [5, 5.41) is 0. The third-order valence-corrected chi connectivity index (χ3v) is 2.59. The fourth-order valence-electron chi connectivity index (χ4n) is 1.56. The first kappa shape index (κ1) is 11.6. The molecule has 0 aliphatic carbocycles. The van der Waals surface area contributed by atoms with Crippen molar-refractivity contribution >= 4 is 0 Å². The summed E-state index contributed by atoms with van der Waals surface area (Å²) in [5.74, 6) is 0.874. The van der Waals surface area contributed by atoms with E-state index >= 15 is 0 Å². The highest BCUT2D eigenvalue weighted by Crippen LogP contribution is 2.20. The summed E-state index contributed by atoms with van der Waals surface area (Å²) in [4.78, 5) is 4.22. The van der Waals surface area contributed by atoms with Gasteiger partial charge in [0.05, 0.1) is 5.69 Å². The quantitative estimate of drug-likeness (QED) is 0.874. The Morgan fingerprint density at radius 3 is 2.82 bits per heavy atom. The molecule has 1 heterocycles. The molecule has 3 nitrogen and oxygen atoms in total. The molecule has 2 aromatic rings. The first-order valence-electron chi connectivity index (χ1n) is 5.62. The lowest BCUT2D eigenvalue weighted by molar-refractivity contribution is 0.299. The highest BCUT2D eigenvalue weighted by Gasteiger charge is 2.02. The molecule has 2 rings (SSSR count). The van der Waals surface area contributed by atoms with E-state index in [2.05, 4.69) is 4.98 Å². The molecule has 17 heavy (non-hydrogen) atoms. The average molecular weight is 228 g/mol. The SMILES string of the molecule is Cc1ccc(CN)cc1OCc1ccccn1. The molecule has 0 atom stereocenters. The van der Waals surface area contributed by atoms with Gasteiger partial charge in [0, 0.05) is 12.7 Å². The topological polar surface area (TPSA) is 48.1 Å². The van der Waals surface area contributed by atoms with Crippen molar-refractivity contribution in [1.29, 1.82) is 0 Å². The summed E-state index contributed by atoms with van der Waals surface area (Å²) in [6, 6.07) is 11.8. The second-order valence-corrected chi connectivity index (χ2v) is 3.91. The van der Waals surface area contributed by atoms with E-state index in [1.54, 1.807) is 6.20 Å². The number of aryl methyl sites for hydroxylation is 1. The number of aromatic nitrogens is 1. The standard InChI is InChI=1S/C14H16N2O/c1-11-5-6-12(9-15)8-14(11)17-10-13-4-2-3-7-16-13/h2-8H,9-10,15H2,1H3. The summed E-state index contributed by atoms with van der Waals surface area (Å²) in [6.07, 6.45) is 1.77. The number of nitrogens with zero attached hydrogens (tertiary/aromatic N) is 1. The second kappa shape index (κ2) is 5.46. The Morgan fingerprint density at radius 1 is 1.24 bits per heavy atom. The molecule has 0 aliphatic rings. The Morgan fingerprint density at radius 2 is 2.12 bits per heavy atom. The molecule has 0 radical (unpaired) electrons. The van der Waals surface area contributed by atoms with Gasteiger partial charge in [-0.05, 0) is 36.2 Å². The second-order valence-electron chi connectivity index (χ2n) is 3.91. The Balaban J connectivity index is 2.08. The molecule has 0 amide bonds. The molecule has 3 heteroatoms. The molecule has 0 saturated heterocycles. The molecule has 2 N–H and O–H groups in total. The first-order valence-corrected chi connectivity index (χ1v) is 5.62. The van der Waals surface area contributed by atoms with Crippen molar-refractivity contribution in [2.75, 3.05) is 0 Å². The lowest BCUT2D eigenvalue weighted by Gasteiger charge is -2.10. The van der Waals surface area contributed by atoms with E-state index in [4.69, 9.17) is 10.5 Å². The highest BCUT2D eigenvalue weighted by molar-refractivity contribution is 5.36. The van der Waals surface area contributed by atoms with Gasteiger partial charge in [-0.15, -0.1) is 0 Å². The smallest absolute Gasteiger partial charge is 0.130 e. The highest BCUT2D eigenvalue weighted by atomic mass is 16.5. The molecular weight excluding hydrogens is 212 g/mol. The van der Waals surface area contributed by atoms with Crippen LogP contribution in [-0.4, -0.2) is 4.98 Å². The number of hydrogen-bond donors (Lipinski definition) is 1. The average Bonchev–Trinajstić information content (AvgIpc) is 2.39. The van der Waals surface area contributed by atoms with Crippen molar-refractivity contribution in [2.24, 2.45) is 5.73 Å². The van der Waals surface area contributed by atoms with Gasteiger partial charge in [0.25, 0.3) is 0 Å². The van der Waals surface area contributed by atoms with Gasteiger partial charge in [-0.3, -0.25) is 4.98 Å². The van der Waals surface area contributed by atoms with E-state index in [1.807, 2.05) is 43.3 Å². The van der Waals surface area contributed by atoms with E-state index in [0.717, 1.165) is 22.6 Å². The van der Waals surface area contributed by atoms with Gasteiger partial charge in [0.1, 0.15) is 12.4 Å². The minimum atomic E-state index is 0.482. The third kappa shape index (κ3) is 3.04. The van der Waals surface area contributed by atoms with Crippen LogP contribution in [0.4, 0.5) is 0 Å². The van der Waals surface area contributed by atoms with Gasteiger partial charge < -0.3 is 10.5 Å². The van der Waals surface area contributed by atoms with E-state index in [-0.39, 0.29) is 0 Å². The number of rotatable bonds is 4. The fraction of sp³-hybridized carbons (Fsp3) is 0.214. The van der Waals surface area contributed by atoms with Crippen LogP contribution in [0.25, 0.3) is 0 Å². The van der Waals surface area contributed by atoms with Gasteiger partial charge in [-0.25, -0.2) is 0 Å². The zero-order chi connectivity index (χ0) is 12.1. The van der Waals surface area contributed by atoms with Crippen molar-refractivity contribution < 1.29 is 4.74 Å². The van der Waals surface area contributed by atoms with Crippen molar-refractivity contribution in [1.82, 2.24) is 4.98 Å². The largest absolute Gasteiger partial charge is 0.487 e. The molecule has 88 valence electrons. The maximum atomic E-state index is 5.75. The molecule has 1 aromatic heterocycles. The molecule has 1 aromatic carbocycles. The zero-order valence-corrected chi connectivity index (χ0v) is 9.89. The summed E-state index contributed by atoms with van der Waals surface area (Å²) < 4.78 is 5.75. The summed E-state index contributed by atoms with van der Waals surface area (Å²) in [7, 11) is 0. The summed E-state index contributed by atoms with van der Waals surface area (Å²) >= 11 is 0. The van der Waals surface area contributed by atoms with Crippen molar-refractivity contribution in [2.45, 2.75) is 20.1 Å². The van der Waals surface area contributed by atoms with Crippen molar-refractivity contribution in [3.8, 4) is 5.75 Å². The maximum absolute atomic E-state index is 5.75. The Labute approximate surface area is 101 Å². The van der Waals surface area contributed by atoms with Crippen molar-refractivity contribution in [3.63, 3.8) is 0 Å². The minimum absolute atomic E-state index is 0.482. The number of pyridine rings is 1. The van der Waals surface area contributed by atoms with Crippen LogP contribution in [0.15, 0.2) is 42.6 Å². The van der Waals surface area contributed by atoms with Crippen LogP contribution in [0.1, 0.15) is 16.8 Å². The predicted molar refractivity (Wildman–Crippen MR) is 67.6 cm³/mol. The molecule has 0 saturated carbocycles. The molecule has 0 aliphatic heterocycles. The Kier molecular flexibility index (Phi) is 3.73. The Bertz CT molecular complexity index is 483. The van der Waals surface area contributed by atoms with Crippen LogP contribution < -0.4 is 10.5 Å². The number of nitrogens with two attached hydrogens (primary N) is 1. The van der Waals surface area contributed by atoms with Gasteiger partial charge >= 0.3 is 0 Å². The van der Waals surface area contributed by atoms with Gasteiger partial charge in [-0.1, -0.05) is 18.2 Å². The van der Waals surface area contributed by atoms with E-state index in [9.17, 15) is 0 Å². The van der Waals surface area contributed by atoms with Gasteiger partial charge in [-0.2, -0.15) is 0 Å². The summed E-state index contributed by atoms with van der Waals surface area (Å²) in [6.45, 7) is 3.03. The van der Waals surface area contributed by atoms with Crippen LogP contribution in [0, 0.1) is 6.92 Å².